The molecule has 1 atom stereocenters. The number of allylic oxidation sites excluding steroid dienone is 1. The molecule has 2 amide bonds. The van der Waals surface area contributed by atoms with E-state index in [1.165, 1.54) is 14.2 Å². The van der Waals surface area contributed by atoms with Gasteiger partial charge in [-0.15, -0.1) is 0 Å². The van der Waals surface area contributed by atoms with Gasteiger partial charge in [0.15, 0.2) is 11.5 Å². The maximum absolute atomic E-state index is 12.5. The molecule has 0 spiro atoms. The smallest absolute Gasteiger partial charge is 0.337 e. The number of carbonyl (C=O) groups excluding carboxylic acids is 2. The molecule has 1 aliphatic rings. The molecule has 2 aromatic rings. The van der Waals surface area contributed by atoms with Gasteiger partial charge >= 0.3 is 12.0 Å². The summed E-state index contributed by atoms with van der Waals surface area (Å²) < 4.78 is 17.1. The Kier molecular flexibility index (Phi) is 6.99. The third kappa shape index (κ3) is 4.59. The number of esters is 1. The summed E-state index contributed by atoms with van der Waals surface area (Å²) in [6.07, 6.45) is 0.477. The monoisotopic (exact) mass is 474 g/mol. The summed E-state index contributed by atoms with van der Waals surface area (Å²) in [4.78, 5) is 24.6. The molecule has 0 saturated carbocycles. The lowest BCUT2D eigenvalue weighted by atomic mass is 9.94. The molecule has 0 aliphatic carbocycles. The van der Waals surface area contributed by atoms with E-state index >= 15 is 0 Å². The minimum Gasteiger partial charge on any atom is -0.493 e. The second-order valence-corrected chi connectivity index (χ2v) is 7.43. The Morgan fingerprint density at radius 3 is 2.53 bits per heavy atom. The van der Waals surface area contributed by atoms with Gasteiger partial charge in [0.25, 0.3) is 0 Å². The van der Waals surface area contributed by atoms with Crippen LogP contribution in [0.2, 0.25) is 0 Å². The van der Waals surface area contributed by atoms with Gasteiger partial charge < -0.3 is 24.8 Å². The number of rotatable bonds is 7. The van der Waals surface area contributed by atoms with Crippen molar-refractivity contribution in [3.63, 3.8) is 0 Å². The van der Waals surface area contributed by atoms with E-state index in [0.29, 0.717) is 45.8 Å². The molecular formula is C22H23BrN2O5. The predicted octanol–water partition coefficient (Wildman–Crippen LogP) is 4.23. The summed E-state index contributed by atoms with van der Waals surface area (Å²) in [6.45, 7) is 2.23. The molecule has 0 aromatic heterocycles. The Bertz CT molecular complexity index is 975. The second kappa shape index (κ2) is 9.67. The first kappa shape index (κ1) is 21.7. The number of hydrogen-bond acceptors (Lipinski definition) is 5. The Morgan fingerprint density at radius 1 is 1.17 bits per heavy atom. The number of ether oxygens (including phenoxy) is 3. The molecule has 0 bridgehead atoms. The van der Waals surface area contributed by atoms with Gasteiger partial charge in [0.05, 0.1) is 30.3 Å². The van der Waals surface area contributed by atoms with E-state index in [2.05, 4.69) is 26.6 Å². The van der Waals surface area contributed by atoms with Crippen LogP contribution in [0.3, 0.4) is 0 Å². The molecule has 158 valence electrons. The highest BCUT2D eigenvalue weighted by atomic mass is 79.9. The van der Waals surface area contributed by atoms with Crippen LogP contribution in [0.15, 0.2) is 58.2 Å². The van der Waals surface area contributed by atoms with Crippen molar-refractivity contribution in [2.75, 3.05) is 14.2 Å². The molecule has 0 fully saturated rings. The van der Waals surface area contributed by atoms with Crippen LogP contribution in [0.4, 0.5) is 4.79 Å². The number of halogens is 1. The summed E-state index contributed by atoms with van der Waals surface area (Å²) in [7, 11) is 2.85. The first-order valence-electron chi connectivity index (χ1n) is 9.41. The van der Waals surface area contributed by atoms with E-state index < -0.39 is 12.0 Å². The third-order valence-electron chi connectivity index (χ3n) is 4.72. The zero-order valence-electron chi connectivity index (χ0n) is 17.0. The van der Waals surface area contributed by atoms with Crippen LogP contribution in [0, 0.1) is 0 Å². The first-order valence-corrected chi connectivity index (χ1v) is 10.2. The van der Waals surface area contributed by atoms with Crippen molar-refractivity contribution >= 4 is 27.9 Å². The Balaban J connectivity index is 1.98. The second-order valence-electron chi connectivity index (χ2n) is 6.58. The Hall–Kier alpha value is -3.00. The summed E-state index contributed by atoms with van der Waals surface area (Å²) in [6, 6.07) is 12.3. The number of nitrogens with one attached hydrogen (secondary N) is 2. The van der Waals surface area contributed by atoms with E-state index in [1.807, 2.05) is 37.3 Å². The van der Waals surface area contributed by atoms with Crippen LogP contribution < -0.4 is 20.1 Å². The Labute approximate surface area is 183 Å². The molecule has 30 heavy (non-hydrogen) atoms. The van der Waals surface area contributed by atoms with Gasteiger partial charge in [0.2, 0.25) is 0 Å². The van der Waals surface area contributed by atoms with Crippen molar-refractivity contribution < 1.29 is 23.8 Å². The molecule has 1 aliphatic heterocycles. The van der Waals surface area contributed by atoms with Crippen LogP contribution in [0.1, 0.15) is 30.5 Å². The van der Waals surface area contributed by atoms with Crippen molar-refractivity contribution in [1.82, 2.24) is 10.6 Å². The molecule has 1 unspecified atom stereocenters. The van der Waals surface area contributed by atoms with E-state index in [0.717, 1.165) is 5.56 Å². The Morgan fingerprint density at radius 2 is 1.90 bits per heavy atom. The van der Waals surface area contributed by atoms with E-state index in [4.69, 9.17) is 14.2 Å². The van der Waals surface area contributed by atoms with E-state index in [9.17, 15) is 9.59 Å². The highest BCUT2D eigenvalue weighted by Crippen LogP contribution is 2.40. The number of benzene rings is 2. The lowest BCUT2D eigenvalue weighted by Crippen LogP contribution is -2.45. The number of urea groups is 1. The van der Waals surface area contributed by atoms with Crippen molar-refractivity contribution in [3.8, 4) is 11.5 Å². The number of carbonyl (C=O) groups is 2. The van der Waals surface area contributed by atoms with Crippen molar-refractivity contribution in [2.24, 2.45) is 0 Å². The SMILES string of the molecule is CCC1=C(C(=O)OC)C(c2cc(Br)c(OCc3ccccc3)c(OC)c2)NC(=O)N1. The fourth-order valence-corrected chi connectivity index (χ4v) is 3.85. The standard InChI is InChI=1S/C22H23BrN2O5/c1-4-16-18(21(26)29-3)19(25-22(27)24-16)14-10-15(23)20(17(11-14)28-2)30-12-13-8-6-5-7-9-13/h5-11,19H,4,12H2,1-3H3,(H2,24,25,27). The maximum Gasteiger partial charge on any atom is 0.337 e. The molecule has 2 aromatic carbocycles. The average Bonchev–Trinajstić information content (AvgIpc) is 2.77. The van der Waals surface area contributed by atoms with Gasteiger partial charge in [-0.1, -0.05) is 37.3 Å². The summed E-state index contributed by atoms with van der Waals surface area (Å²) >= 11 is 3.53. The minimum absolute atomic E-state index is 0.353. The minimum atomic E-state index is -0.686. The molecule has 8 heteroatoms. The van der Waals surface area contributed by atoms with Crippen molar-refractivity contribution in [3.05, 3.63) is 69.3 Å². The molecule has 2 N–H and O–H groups in total. The number of methoxy groups -OCH3 is 2. The van der Waals surface area contributed by atoms with Crippen LogP contribution in [-0.2, 0) is 16.1 Å². The first-order chi connectivity index (χ1) is 14.5. The average molecular weight is 475 g/mol. The molecular weight excluding hydrogens is 452 g/mol. The van der Waals surface area contributed by atoms with Crippen LogP contribution >= 0.6 is 15.9 Å². The zero-order chi connectivity index (χ0) is 21.7. The largest absolute Gasteiger partial charge is 0.493 e. The highest BCUT2D eigenvalue weighted by molar-refractivity contribution is 9.10. The van der Waals surface area contributed by atoms with Crippen LogP contribution in [0.25, 0.3) is 0 Å². The summed E-state index contributed by atoms with van der Waals surface area (Å²) in [5, 5.41) is 5.48. The fourth-order valence-electron chi connectivity index (χ4n) is 3.27. The molecule has 7 nitrogen and oxygen atoms in total. The van der Waals surface area contributed by atoms with Gasteiger partial charge in [0, 0.05) is 5.70 Å². The number of amides is 2. The van der Waals surface area contributed by atoms with E-state index in [1.54, 1.807) is 12.1 Å². The van der Waals surface area contributed by atoms with Crippen molar-refractivity contribution in [1.29, 1.82) is 0 Å². The zero-order valence-corrected chi connectivity index (χ0v) is 18.5. The molecule has 0 saturated heterocycles. The van der Waals surface area contributed by atoms with Crippen LogP contribution in [-0.4, -0.2) is 26.2 Å². The summed E-state index contributed by atoms with van der Waals surface area (Å²) in [5.74, 6) is 0.499. The normalized spacial score (nSPS) is 15.9. The van der Waals surface area contributed by atoms with Gasteiger partial charge in [-0.2, -0.15) is 0 Å². The van der Waals surface area contributed by atoms with Gasteiger partial charge in [-0.05, 0) is 45.6 Å². The molecule has 3 rings (SSSR count). The quantitative estimate of drug-likeness (QED) is 0.586. The summed E-state index contributed by atoms with van der Waals surface area (Å²) in [5.41, 5.74) is 2.55. The van der Waals surface area contributed by atoms with Crippen molar-refractivity contribution in [2.45, 2.75) is 26.0 Å². The third-order valence-corrected chi connectivity index (χ3v) is 5.31. The lowest BCUT2D eigenvalue weighted by Gasteiger charge is -2.29. The fraction of sp³-hybridized carbons (Fsp3) is 0.273. The molecule has 1 heterocycles. The maximum atomic E-state index is 12.5. The lowest BCUT2D eigenvalue weighted by molar-refractivity contribution is -0.136. The van der Waals surface area contributed by atoms with Gasteiger partial charge in [-0.3, -0.25) is 0 Å². The van der Waals surface area contributed by atoms with Gasteiger partial charge in [-0.25, -0.2) is 9.59 Å². The molecule has 0 radical (unpaired) electrons. The predicted molar refractivity (Wildman–Crippen MR) is 115 cm³/mol. The van der Waals surface area contributed by atoms with E-state index in [-0.39, 0.29) is 6.03 Å². The topological polar surface area (TPSA) is 85.9 Å². The van der Waals surface area contributed by atoms with Crippen LogP contribution in [0.5, 0.6) is 11.5 Å². The number of hydrogen-bond donors (Lipinski definition) is 2. The van der Waals surface area contributed by atoms with Gasteiger partial charge in [0.1, 0.15) is 6.61 Å². The highest BCUT2D eigenvalue weighted by Gasteiger charge is 2.33.